The Hall–Kier alpha value is -2.06. The minimum Gasteiger partial charge on any atom is -0.379 e. The Bertz CT molecular complexity index is 645. The average molecular weight is 367 g/mol. The van der Waals surface area contributed by atoms with Crippen LogP contribution in [-0.2, 0) is 14.3 Å². The number of ether oxygens (including phenoxy) is 1. The van der Waals surface area contributed by atoms with Crippen molar-refractivity contribution in [2.45, 2.75) is 12.8 Å². The first kappa shape index (κ1) is 18.7. The van der Waals surface area contributed by atoms with Crippen molar-refractivity contribution in [3.63, 3.8) is 0 Å². The molecule has 2 heterocycles. The van der Waals surface area contributed by atoms with Gasteiger partial charge in [-0.3, -0.25) is 14.5 Å². The summed E-state index contributed by atoms with van der Waals surface area (Å²) in [6.07, 6.45) is 0.874. The van der Waals surface area contributed by atoms with Crippen LogP contribution in [0.25, 0.3) is 0 Å². The van der Waals surface area contributed by atoms with E-state index in [4.69, 9.17) is 4.74 Å². The van der Waals surface area contributed by atoms with Gasteiger partial charge in [0.25, 0.3) is 0 Å². The third kappa shape index (κ3) is 4.76. The van der Waals surface area contributed by atoms with E-state index in [9.17, 15) is 18.4 Å². The smallest absolute Gasteiger partial charge is 0.227 e. The molecular formula is C18H23F2N3O3. The van der Waals surface area contributed by atoms with Crippen molar-refractivity contribution in [3.05, 3.63) is 29.8 Å². The lowest BCUT2D eigenvalue weighted by Crippen LogP contribution is -2.39. The molecule has 1 atom stereocenters. The normalized spacial score (nSPS) is 21.2. The fraction of sp³-hybridized carbons (Fsp3) is 0.556. The van der Waals surface area contributed by atoms with E-state index in [2.05, 4.69) is 10.2 Å². The topological polar surface area (TPSA) is 61.9 Å². The summed E-state index contributed by atoms with van der Waals surface area (Å²) in [7, 11) is 0. The molecule has 6 nitrogen and oxygen atoms in total. The van der Waals surface area contributed by atoms with Gasteiger partial charge in [0.1, 0.15) is 11.6 Å². The minimum absolute atomic E-state index is 0.0490. The van der Waals surface area contributed by atoms with Gasteiger partial charge in [0.15, 0.2) is 0 Å². The summed E-state index contributed by atoms with van der Waals surface area (Å²) in [5, 5.41) is 2.86. The van der Waals surface area contributed by atoms with Crippen molar-refractivity contribution >= 4 is 17.5 Å². The summed E-state index contributed by atoms with van der Waals surface area (Å²) in [6, 6.07) is 2.95. The molecule has 142 valence electrons. The molecule has 0 spiro atoms. The highest BCUT2D eigenvalue weighted by molar-refractivity contribution is 6.00. The molecule has 1 N–H and O–H groups in total. The van der Waals surface area contributed by atoms with E-state index >= 15 is 0 Å². The maximum atomic E-state index is 13.4. The van der Waals surface area contributed by atoms with E-state index in [1.54, 1.807) is 0 Å². The first-order chi connectivity index (χ1) is 12.5. The zero-order chi connectivity index (χ0) is 18.5. The van der Waals surface area contributed by atoms with E-state index in [0.717, 1.165) is 57.5 Å². The van der Waals surface area contributed by atoms with Crippen LogP contribution in [-0.4, -0.2) is 62.7 Å². The Morgan fingerprint density at radius 3 is 2.58 bits per heavy atom. The first-order valence-corrected chi connectivity index (χ1v) is 8.87. The first-order valence-electron chi connectivity index (χ1n) is 8.87. The average Bonchev–Trinajstić information content (AvgIpc) is 3.00. The van der Waals surface area contributed by atoms with Gasteiger partial charge in [-0.15, -0.1) is 0 Å². The molecule has 1 unspecified atom stereocenters. The lowest BCUT2D eigenvalue weighted by atomic mass is 10.1. The molecule has 2 aliphatic rings. The predicted molar refractivity (Wildman–Crippen MR) is 91.7 cm³/mol. The van der Waals surface area contributed by atoms with Crippen molar-refractivity contribution in [2.24, 2.45) is 5.92 Å². The highest BCUT2D eigenvalue weighted by Crippen LogP contribution is 2.26. The molecule has 1 aromatic rings. The van der Waals surface area contributed by atoms with Crippen LogP contribution in [0.2, 0.25) is 0 Å². The van der Waals surface area contributed by atoms with Gasteiger partial charge < -0.3 is 15.0 Å². The van der Waals surface area contributed by atoms with Gasteiger partial charge in [0, 0.05) is 44.4 Å². The molecule has 8 heteroatoms. The third-order valence-corrected chi connectivity index (χ3v) is 4.71. The summed E-state index contributed by atoms with van der Waals surface area (Å²) >= 11 is 0. The molecular weight excluding hydrogens is 344 g/mol. The van der Waals surface area contributed by atoms with Crippen LogP contribution in [0.5, 0.6) is 0 Å². The van der Waals surface area contributed by atoms with Gasteiger partial charge >= 0.3 is 0 Å². The van der Waals surface area contributed by atoms with Crippen LogP contribution in [0.15, 0.2) is 18.2 Å². The summed E-state index contributed by atoms with van der Waals surface area (Å²) < 4.78 is 32.0. The van der Waals surface area contributed by atoms with Gasteiger partial charge in [-0.05, 0) is 25.1 Å². The summed E-state index contributed by atoms with van der Waals surface area (Å²) in [5.74, 6) is -2.49. The van der Waals surface area contributed by atoms with Gasteiger partial charge in [0.2, 0.25) is 11.8 Å². The zero-order valence-electron chi connectivity index (χ0n) is 14.5. The largest absolute Gasteiger partial charge is 0.379 e. The number of anilines is 1. The fourth-order valence-corrected chi connectivity index (χ4v) is 3.31. The highest BCUT2D eigenvalue weighted by atomic mass is 19.1. The number of benzene rings is 1. The third-order valence-electron chi connectivity index (χ3n) is 4.71. The molecule has 3 rings (SSSR count). The number of hydrogen-bond acceptors (Lipinski definition) is 4. The van der Waals surface area contributed by atoms with Crippen LogP contribution < -0.4 is 10.2 Å². The highest BCUT2D eigenvalue weighted by Gasteiger charge is 2.35. The number of rotatable bonds is 6. The number of morpholine rings is 1. The molecule has 26 heavy (non-hydrogen) atoms. The standard InChI is InChI=1S/C18H23F2N3O3/c19-14-9-15(20)11-16(10-14)23-12-13(8-17(23)24)18(25)21-2-1-3-22-4-6-26-7-5-22/h9-11,13H,1-8,12H2,(H,21,25). The maximum Gasteiger partial charge on any atom is 0.227 e. The van der Waals surface area contributed by atoms with Crippen molar-refractivity contribution in [1.29, 1.82) is 0 Å². The minimum atomic E-state index is -0.746. The number of carbonyl (C=O) groups is 2. The predicted octanol–water partition coefficient (Wildman–Crippen LogP) is 1.16. The molecule has 2 saturated heterocycles. The van der Waals surface area contributed by atoms with Crippen molar-refractivity contribution in [1.82, 2.24) is 10.2 Å². The van der Waals surface area contributed by atoms with Crippen LogP contribution in [0, 0.1) is 17.6 Å². The van der Waals surface area contributed by atoms with Crippen LogP contribution in [0.4, 0.5) is 14.5 Å². The molecule has 2 aliphatic heterocycles. The Kier molecular flexibility index (Phi) is 6.16. The Morgan fingerprint density at radius 1 is 1.19 bits per heavy atom. The number of hydrogen-bond donors (Lipinski definition) is 1. The molecule has 0 aliphatic carbocycles. The molecule has 2 fully saturated rings. The van der Waals surface area contributed by atoms with Crippen LogP contribution >= 0.6 is 0 Å². The quantitative estimate of drug-likeness (QED) is 0.767. The van der Waals surface area contributed by atoms with Crippen LogP contribution in [0.3, 0.4) is 0 Å². The fourth-order valence-electron chi connectivity index (χ4n) is 3.31. The van der Waals surface area contributed by atoms with Gasteiger partial charge in [0.05, 0.1) is 19.1 Å². The number of nitrogens with one attached hydrogen (secondary N) is 1. The Labute approximate surface area is 151 Å². The van der Waals surface area contributed by atoms with Crippen molar-refractivity contribution in [3.8, 4) is 0 Å². The SMILES string of the molecule is O=C(NCCCN1CCOCC1)C1CC(=O)N(c2cc(F)cc(F)c2)C1. The number of nitrogens with zero attached hydrogens (tertiary/aromatic N) is 2. The van der Waals surface area contributed by atoms with E-state index in [0.29, 0.717) is 6.54 Å². The number of amides is 2. The van der Waals surface area contributed by atoms with E-state index in [1.807, 2.05) is 0 Å². The summed E-state index contributed by atoms with van der Waals surface area (Å²) in [6.45, 7) is 4.86. The summed E-state index contributed by atoms with van der Waals surface area (Å²) in [4.78, 5) is 28.0. The molecule has 1 aromatic carbocycles. The molecule has 0 saturated carbocycles. The Balaban J connectivity index is 1.46. The lowest BCUT2D eigenvalue weighted by molar-refractivity contribution is -0.126. The molecule has 2 amide bonds. The molecule has 0 bridgehead atoms. The van der Waals surface area contributed by atoms with E-state index < -0.39 is 17.6 Å². The van der Waals surface area contributed by atoms with Crippen molar-refractivity contribution in [2.75, 3.05) is 50.8 Å². The second-order valence-corrected chi connectivity index (χ2v) is 6.63. The maximum absolute atomic E-state index is 13.4. The second kappa shape index (κ2) is 8.55. The number of carbonyl (C=O) groups excluding carboxylic acids is 2. The molecule has 0 radical (unpaired) electrons. The zero-order valence-corrected chi connectivity index (χ0v) is 14.5. The second-order valence-electron chi connectivity index (χ2n) is 6.63. The monoisotopic (exact) mass is 367 g/mol. The number of halogens is 2. The van der Waals surface area contributed by atoms with Crippen LogP contribution in [0.1, 0.15) is 12.8 Å². The lowest BCUT2D eigenvalue weighted by Gasteiger charge is -2.26. The molecule has 0 aromatic heterocycles. The van der Waals surface area contributed by atoms with E-state index in [1.165, 1.54) is 4.90 Å². The van der Waals surface area contributed by atoms with Gasteiger partial charge in [-0.2, -0.15) is 0 Å². The van der Waals surface area contributed by atoms with E-state index in [-0.39, 0.29) is 30.5 Å². The Morgan fingerprint density at radius 2 is 1.88 bits per heavy atom. The van der Waals surface area contributed by atoms with Crippen molar-refractivity contribution < 1.29 is 23.1 Å². The summed E-state index contributed by atoms with van der Waals surface area (Å²) in [5.41, 5.74) is 0.148. The van der Waals surface area contributed by atoms with Gasteiger partial charge in [-0.1, -0.05) is 0 Å². The van der Waals surface area contributed by atoms with Gasteiger partial charge in [-0.25, -0.2) is 8.78 Å².